The minimum absolute atomic E-state index is 0.0580. The van der Waals surface area contributed by atoms with Gasteiger partial charge in [-0.25, -0.2) is 9.18 Å². The lowest BCUT2D eigenvalue weighted by molar-refractivity contribution is -0.136. The number of ether oxygens (including phenoxy) is 2. The van der Waals surface area contributed by atoms with Crippen LogP contribution in [0.15, 0.2) is 77.3 Å². The van der Waals surface area contributed by atoms with E-state index in [2.05, 4.69) is 10.5 Å². The van der Waals surface area contributed by atoms with Crippen molar-refractivity contribution in [1.29, 1.82) is 0 Å². The third-order valence-corrected chi connectivity index (χ3v) is 5.35. The molecule has 1 amide bonds. The van der Waals surface area contributed by atoms with Gasteiger partial charge in [0.25, 0.3) is 0 Å². The molecule has 0 bridgehead atoms. The number of amides is 1. The van der Waals surface area contributed by atoms with Crippen molar-refractivity contribution < 1.29 is 33.1 Å². The third kappa shape index (κ3) is 5.87. The standard InChI is InChI=1S/C27H23FN2O6/c1-16-25(29-27(33)34-17(2)22-5-3-4-6-23(22)28)26(36-30-16)19-9-13-21(14-10-19)35-20-11-7-18(8-12-20)15-24(31)32/h3-14,17H,15H2,1-2H3,(H,29,33)(H,31,32)/t17-/m1/s1. The van der Waals surface area contributed by atoms with Crippen molar-refractivity contribution in [3.05, 3.63) is 95.4 Å². The topological polar surface area (TPSA) is 111 Å². The van der Waals surface area contributed by atoms with Crippen molar-refractivity contribution in [2.45, 2.75) is 26.4 Å². The summed E-state index contributed by atoms with van der Waals surface area (Å²) in [6.07, 6.45) is -1.63. The van der Waals surface area contributed by atoms with Crippen LogP contribution in [0.2, 0.25) is 0 Å². The SMILES string of the molecule is Cc1noc(-c2ccc(Oc3ccc(CC(=O)O)cc3)cc2)c1NC(=O)O[C@H](C)c1ccccc1F. The predicted octanol–water partition coefficient (Wildman–Crippen LogP) is 6.52. The van der Waals surface area contributed by atoms with Gasteiger partial charge in [-0.3, -0.25) is 10.1 Å². The van der Waals surface area contributed by atoms with Gasteiger partial charge in [0.05, 0.1) is 6.42 Å². The van der Waals surface area contributed by atoms with E-state index in [1.165, 1.54) is 6.07 Å². The summed E-state index contributed by atoms with van der Waals surface area (Å²) in [6, 6.07) is 19.8. The Morgan fingerprint density at radius 1 is 1.03 bits per heavy atom. The minimum atomic E-state index is -0.899. The molecule has 0 aliphatic carbocycles. The van der Waals surface area contributed by atoms with E-state index in [-0.39, 0.29) is 12.0 Å². The fourth-order valence-electron chi connectivity index (χ4n) is 3.53. The zero-order valence-corrected chi connectivity index (χ0v) is 19.5. The molecule has 0 fully saturated rings. The number of aromatic nitrogens is 1. The van der Waals surface area contributed by atoms with Crippen LogP contribution in [0.5, 0.6) is 11.5 Å². The minimum Gasteiger partial charge on any atom is -0.481 e. The molecule has 9 heteroatoms. The molecule has 0 saturated heterocycles. The summed E-state index contributed by atoms with van der Waals surface area (Å²) in [5, 5.41) is 15.4. The molecule has 0 aliphatic heterocycles. The van der Waals surface area contributed by atoms with Crippen LogP contribution in [-0.2, 0) is 16.0 Å². The van der Waals surface area contributed by atoms with E-state index in [0.29, 0.717) is 39.8 Å². The Morgan fingerprint density at radius 2 is 1.67 bits per heavy atom. The second-order valence-electron chi connectivity index (χ2n) is 8.01. The maximum absolute atomic E-state index is 14.0. The van der Waals surface area contributed by atoms with E-state index in [1.54, 1.807) is 80.6 Å². The Kier molecular flexibility index (Phi) is 7.29. The maximum atomic E-state index is 14.0. The van der Waals surface area contributed by atoms with Crippen LogP contribution in [0, 0.1) is 12.7 Å². The number of hydrogen-bond acceptors (Lipinski definition) is 6. The number of rotatable bonds is 8. The van der Waals surface area contributed by atoms with Crippen molar-refractivity contribution in [1.82, 2.24) is 5.16 Å². The molecule has 4 rings (SSSR count). The smallest absolute Gasteiger partial charge is 0.412 e. The van der Waals surface area contributed by atoms with Gasteiger partial charge in [-0.15, -0.1) is 0 Å². The van der Waals surface area contributed by atoms with Gasteiger partial charge in [0.2, 0.25) is 0 Å². The van der Waals surface area contributed by atoms with Gasteiger partial charge in [0, 0.05) is 11.1 Å². The number of aliphatic carboxylic acids is 1. The van der Waals surface area contributed by atoms with Crippen molar-refractivity contribution >= 4 is 17.7 Å². The number of carbonyl (C=O) groups is 2. The Hall–Kier alpha value is -4.66. The molecule has 0 spiro atoms. The van der Waals surface area contributed by atoms with Gasteiger partial charge in [0.15, 0.2) is 5.76 Å². The number of carbonyl (C=O) groups excluding carboxylic acids is 1. The lowest BCUT2D eigenvalue weighted by Gasteiger charge is -2.15. The number of benzene rings is 3. The molecule has 1 heterocycles. The van der Waals surface area contributed by atoms with Crippen LogP contribution in [0.3, 0.4) is 0 Å². The van der Waals surface area contributed by atoms with Gasteiger partial charge in [-0.1, -0.05) is 35.5 Å². The first-order chi connectivity index (χ1) is 17.3. The zero-order valence-electron chi connectivity index (χ0n) is 19.5. The van der Waals surface area contributed by atoms with E-state index in [1.807, 2.05) is 0 Å². The highest BCUT2D eigenvalue weighted by Gasteiger charge is 2.21. The van der Waals surface area contributed by atoms with Crippen LogP contribution >= 0.6 is 0 Å². The van der Waals surface area contributed by atoms with E-state index < -0.39 is 24.0 Å². The summed E-state index contributed by atoms with van der Waals surface area (Å²) in [5.74, 6) is 0.0736. The lowest BCUT2D eigenvalue weighted by atomic mass is 10.1. The molecule has 36 heavy (non-hydrogen) atoms. The summed E-state index contributed by atoms with van der Waals surface area (Å²) in [6.45, 7) is 3.26. The third-order valence-electron chi connectivity index (χ3n) is 5.35. The second-order valence-corrected chi connectivity index (χ2v) is 8.01. The van der Waals surface area contributed by atoms with Crippen LogP contribution in [0.4, 0.5) is 14.9 Å². The largest absolute Gasteiger partial charge is 0.481 e. The molecule has 3 aromatic carbocycles. The summed E-state index contributed by atoms with van der Waals surface area (Å²) in [4.78, 5) is 23.3. The van der Waals surface area contributed by atoms with E-state index in [4.69, 9.17) is 19.1 Å². The van der Waals surface area contributed by atoms with Gasteiger partial charge in [-0.2, -0.15) is 0 Å². The van der Waals surface area contributed by atoms with Crippen molar-refractivity contribution in [2.75, 3.05) is 5.32 Å². The summed E-state index contributed by atoms with van der Waals surface area (Å²) < 4.78 is 30.6. The molecule has 4 aromatic rings. The van der Waals surface area contributed by atoms with Crippen LogP contribution in [0.1, 0.15) is 29.8 Å². The summed E-state index contributed by atoms with van der Waals surface area (Å²) in [7, 11) is 0. The van der Waals surface area contributed by atoms with Crippen molar-refractivity contribution in [2.24, 2.45) is 0 Å². The normalized spacial score (nSPS) is 11.5. The highest BCUT2D eigenvalue weighted by molar-refractivity contribution is 5.90. The van der Waals surface area contributed by atoms with Gasteiger partial charge in [-0.05, 0) is 61.9 Å². The number of nitrogens with one attached hydrogen (secondary N) is 1. The quantitative estimate of drug-likeness (QED) is 0.289. The first-order valence-electron chi connectivity index (χ1n) is 11.1. The van der Waals surface area contributed by atoms with E-state index in [9.17, 15) is 14.0 Å². The van der Waals surface area contributed by atoms with Crippen molar-refractivity contribution in [3.8, 4) is 22.8 Å². The molecule has 8 nitrogen and oxygen atoms in total. The average molecular weight is 490 g/mol. The molecule has 0 unspecified atom stereocenters. The van der Waals surface area contributed by atoms with Gasteiger partial charge in [0.1, 0.15) is 34.8 Å². The molecule has 1 atom stereocenters. The average Bonchev–Trinajstić information content (AvgIpc) is 3.20. The fourth-order valence-corrected chi connectivity index (χ4v) is 3.53. The first-order valence-corrected chi connectivity index (χ1v) is 11.1. The van der Waals surface area contributed by atoms with Gasteiger partial charge >= 0.3 is 12.1 Å². The molecule has 184 valence electrons. The maximum Gasteiger partial charge on any atom is 0.412 e. The molecule has 1 aromatic heterocycles. The number of anilines is 1. The molecule has 0 saturated carbocycles. The predicted molar refractivity (Wildman–Crippen MR) is 129 cm³/mol. The first kappa shape index (κ1) is 24.5. The fraction of sp³-hybridized carbons (Fsp3) is 0.148. The Bertz CT molecular complexity index is 1370. The number of carboxylic acid groups (broad SMARTS) is 1. The number of hydrogen-bond donors (Lipinski definition) is 2. The Morgan fingerprint density at radius 3 is 2.31 bits per heavy atom. The second kappa shape index (κ2) is 10.7. The highest BCUT2D eigenvalue weighted by Crippen LogP contribution is 2.33. The number of nitrogens with zero attached hydrogens (tertiary/aromatic N) is 1. The molecule has 2 N–H and O–H groups in total. The highest BCUT2D eigenvalue weighted by atomic mass is 19.1. The van der Waals surface area contributed by atoms with Crippen molar-refractivity contribution in [3.63, 3.8) is 0 Å². The van der Waals surface area contributed by atoms with Gasteiger partial charge < -0.3 is 19.1 Å². The van der Waals surface area contributed by atoms with E-state index >= 15 is 0 Å². The Balaban J connectivity index is 1.43. The monoisotopic (exact) mass is 490 g/mol. The number of halogens is 1. The summed E-state index contributed by atoms with van der Waals surface area (Å²) in [5.41, 5.74) is 2.36. The van der Waals surface area contributed by atoms with Crippen LogP contribution in [0.25, 0.3) is 11.3 Å². The van der Waals surface area contributed by atoms with Crippen LogP contribution in [-0.4, -0.2) is 22.3 Å². The molecular formula is C27H23FN2O6. The molecular weight excluding hydrogens is 467 g/mol. The number of aryl methyl sites for hydroxylation is 1. The lowest BCUT2D eigenvalue weighted by Crippen LogP contribution is -2.17. The Labute approximate surface area is 206 Å². The van der Waals surface area contributed by atoms with Crippen LogP contribution < -0.4 is 10.1 Å². The number of carboxylic acids is 1. The molecule has 0 radical (unpaired) electrons. The summed E-state index contributed by atoms with van der Waals surface area (Å²) >= 11 is 0. The molecule has 0 aliphatic rings. The zero-order chi connectivity index (χ0) is 25.7. The van der Waals surface area contributed by atoms with E-state index in [0.717, 1.165) is 0 Å².